The number of furan rings is 1. The largest absolute Gasteiger partial charge is 0.475 e. The van der Waals surface area contributed by atoms with Gasteiger partial charge in [0.1, 0.15) is 5.76 Å². The molecule has 0 fully saturated rings. The van der Waals surface area contributed by atoms with E-state index in [9.17, 15) is 18.0 Å². The van der Waals surface area contributed by atoms with Crippen LogP contribution in [0.5, 0.6) is 0 Å². The van der Waals surface area contributed by atoms with Crippen LogP contribution >= 0.6 is 0 Å². The second-order valence-corrected chi connectivity index (χ2v) is 4.10. The van der Waals surface area contributed by atoms with Crippen LogP contribution in [0.15, 0.2) is 10.5 Å². The molecule has 1 unspecified atom stereocenters. The predicted molar refractivity (Wildman–Crippen MR) is 57.4 cm³/mol. The van der Waals surface area contributed by atoms with Gasteiger partial charge in [0.2, 0.25) is 5.76 Å². The molecule has 0 aliphatic heterocycles. The molecule has 0 amide bonds. The third-order valence-corrected chi connectivity index (χ3v) is 2.41. The Hall–Kier alpha value is -1.50. The summed E-state index contributed by atoms with van der Waals surface area (Å²) in [7, 11) is 0. The number of aromatic carboxylic acids is 1. The van der Waals surface area contributed by atoms with Crippen molar-refractivity contribution in [1.82, 2.24) is 5.32 Å². The summed E-state index contributed by atoms with van der Waals surface area (Å²) < 4.78 is 41.2. The first-order valence-electron chi connectivity index (χ1n) is 5.32. The topological polar surface area (TPSA) is 62.5 Å². The van der Waals surface area contributed by atoms with Crippen molar-refractivity contribution in [3.8, 4) is 0 Å². The molecule has 0 aliphatic carbocycles. The van der Waals surface area contributed by atoms with E-state index in [2.05, 4.69) is 5.32 Å². The standard InChI is InChI=1S/C11H14F3NO3/c1-6(4-11(12,13)14)15-5-8-3-9(10(16)17)18-7(8)2/h3,6,15H,4-5H2,1-2H3,(H,16,17). The number of hydrogen-bond donors (Lipinski definition) is 2. The first kappa shape index (κ1) is 14.6. The molecule has 102 valence electrons. The lowest BCUT2D eigenvalue weighted by Gasteiger charge is -2.15. The van der Waals surface area contributed by atoms with Crippen molar-refractivity contribution in [1.29, 1.82) is 0 Å². The minimum atomic E-state index is -4.22. The highest BCUT2D eigenvalue weighted by atomic mass is 19.4. The molecular formula is C11H14F3NO3. The van der Waals surface area contributed by atoms with Gasteiger partial charge in [-0.2, -0.15) is 13.2 Å². The Balaban J connectivity index is 2.56. The molecule has 0 bridgehead atoms. The van der Waals surface area contributed by atoms with Crippen molar-refractivity contribution in [3.05, 3.63) is 23.2 Å². The molecule has 1 atom stereocenters. The number of alkyl halides is 3. The zero-order chi connectivity index (χ0) is 13.9. The van der Waals surface area contributed by atoms with E-state index in [1.165, 1.54) is 13.0 Å². The van der Waals surface area contributed by atoms with E-state index in [0.717, 1.165) is 0 Å². The fourth-order valence-corrected chi connectivity index (χ4v) is 1.50. The Labute approximate surface area is 102 Å². The second-order valence-electron chi connectivity index (χ2n) is 4.10. The maximum absolute atomic E-state index is 12.1. The molecule has 1 aromatic heterocycles. The SMILES string of the molecule is Cc1oc(C(=O)O)cc1CNC(C)CC(F)(F)F. The lowest BCUT2D eigenvalue weighted by molar-refractivity contribution is -0.139. The van der Waals surface area contributed by atoms with E-state index in [1.807, 2.05) is 0 Å². The fourth-order valence-electron chi connectivity index (χ4n) is 1.50. The Morgan fingerprint density at radius 1 is 1.56 bits per heavy atom. The number of carbonyl (C=O) groups is 1. The normalized spacial score (nSPS) is 13.6. The lowest BCUT2D eigenvalue weighted by Crippen LogP contribution is -2.30. The van der Waals surface area contributed by atoms with E-state index in [4.69, 9.17) is 9.52 Å². The molecular weight excluding hydrogens is 251 g/mol. The minimum absolute atomic E-state index is 0.139. The summed E-state index contributed by atoms with van der Waals surface area (Å²) in [6.07, 6.45) is -5.15. The third-order valence-electron chi connectivity index (χ3n) is 2.41. The van der Waals surface area contributed by atoms with Gasteiger partial charge in [0, 0.05) is 18.2 Å². The molecule has 1 aromatic rings. The van der Waals surface area contributed by atoms with Crippen LogP contribution < -0.4 is 5.32 Å². The second kappa shape index (κ2) is 5.43. The molecule has 0 aliphatic rings. The van der Waals surface area contributed by atoms with Gasteiger partial charge in [-0.1, -0.05) is 0 Å². The van der Waals surface area contributed by atoms with Crippen molar-refractivity contribution in [3.63, 3.8) is 0 Å². The molecule has 18 heavy (non-hydrogen) atoms. The molecule has 1 heterocycles. The van der Waals surface area contributed by atoms with Crippen LogP contribution in [-0.2, 0) is 6.54 Å². The van der Waals surface area contributed by atoms with E-state index in [-0.39, 0.29) is 12.3 Å². The molecule has 0 saturated heterocycles. The van der Waals surface area contributed by atoms with E-state index >= 15 is 0 Å². The van der Waals surface area contributed by atoms with Crippen molar-refractivity contribution in [2.75, 3.05) is 0 Å². The maximum atomic E-state index is 12.1. The quantitative estimate of drug-likeness (QED) is 0.859. The van der Waals surface area contributed by atoms with Gasteiger partial charge in [-0.15, -0.1) is 0 Å². The van der Waals surface area contributed by atoms with Gasteiger partial charge in [0.15, 0.2) is 0 Å². The molecule has 7 heteroatoms. The van der Waals surface area contributed by atoms with Crippen molar-refractivity contribution in [2.45, 2.75) is 39.0 Å². The fraction of sp³-hybridized carbons (Fsp3) is 0.545. The first-order chi connectivity index (χ1) is 8.19. The van der Waals surface area contributed by atoms with Crippen LogP contribution in [0.4, 0.5) is 13.2 Å². The zero-order valence-corrected chi connectivity index (χ0v) is 9.97. The van der Waals surface area contributed by atoms with Gasteiger partial charge in [-0.3, -0.25) is 0 Å². The highest BCUT2D eigenvalue weighted by molar-refractivity contribution is 5.84. The van der Waals surface area contributed by atoms with Gasteiger partial charge < -0.3 is 14.8 Å². The summed E-state index contributed by atoms with van der Waals surface area (Å²) in [5, 5.41) is 11.4. The van der Waals surface area contributed by atoms with Crippen LogP contribution in [0, 0.1) is 6.92 Å². The number of aryl methyl sites for hydroxylation is 1. The zero-order valence-electron chi connectivity index (χ0n) is 9.97. The first-order valence-corrected chi connectivity index (χ1v) is 5.32. The van der Waals surface area contributed by atoms with E-state index in [0.29, 0.717) is 11.3 Å². The molecule has 0 radical (unpaired) electrons. The maximum Gasteiger partial charge on any atom is 0.390 e. The number of carboxylic acids is 1. The molecule has 1 rings (SSSR count). The number of nitrogens with one attached hydrogen (secondary N) is 1. The van der Waals surface area contributed by atoms with Gasteiger partial charge in [0.25, 0.3) is 0 Å². The number of carboxylic acid groups (broad SMARTS) is 1. The lowest BCUT2D eigenvalue weighted by atomic mass is 10.2. The minimum Gasteiger partial charge on any atom is -0.475 e. The number of hydrogen-bond acceptors (Lipinski definition) is 3. The molecule has 0 saturated carbocycles. The summed E-state index contributed by atoms with van der Waals surface area (Å²) in [5.41, 5.74) is 0.543. The van der Waals surface area contributed by atoms with Crippen LogP contribution in [0.3, 0.4) is 0 Å². The smallest absolute Gasteiger partial charge is 0.390 e. The third kappa shape index (κ3) is 4.40. The molecule has 4 nitrogen and oxygen atoms in total. The van der Waals surface area contributed by atoms with Crippen LogP contribution in [0.1, 0.15) is 35.2 Å². The highest BCUT2D eigenvalue weighted by Crippen LogP contribution is 2.22. The number of halogens is 3. The average Bonchev–Trinajstić information content (AvgIpc) is 2.54. The van der Waals surface area contributed by atoms with Gasteiger partial charge in [0.05, 0.1) is 6.42 Å². The molecule has 2 N–H and O–H groups in total. The molecule has 0 aromatic carbocycles. The Morgan fingerprint density at radius 2 is 2.17 bits per heavy atom. The Morgan fingerprint density at radius 3 is 2.61 bits per heavy atom. The Bertz CT molecular complexity index is 426. The Kier molecular flexibility index (Phi) is 4.39. The van der Waals surface area contributed by atoms with Gasteiger partial charge >= 0.3 is 12.1 Å². The van der Waals surface area contributed by atoms with Crippen molar-refractivity contribution >= 4 is 5.97 Å². The predicted octanol–water partition coefficient (Wildman–Crippen LogP) is 2.72. The van der Waals surface area contributed by atoms with E-state index < -0.39 is 24.6 Å². The summed E-state index contributed by atoms with van der Waals surface area (Å²) >= 11 is 0. The summed E-state index contributed by atoms with van der Waals surface area (Å²) in [5.74, 6) is -1.03. The van der Waals surface area contributed by atoms with Gasteiger partial charge in [-0.25, -0.2) is 4.79 Å². The van der Waals surface area contributed by atoms with E-state index in [1.54, 1.807) is 6.92 Å². The van der Waals surface area contributed by atoms with Crippen LogP contribution in [0.25, 0.3) is 0 Å². The van der Waals surface area contributed by atoms with Crippen LogP contribution in [-0.4, -0.2) is 23.3 Å². The van der Waals surface area contributed by atoms with Crippen molar-refractivity contribution in [2.24, 2.45) is 0 Å². The van der Waals surface area contributed by atoms with Crippen molar-refractivity contribution < 1.29 is 27.5 Å². The monoisotopic (exact) mass is 265 g/mol. The highest BCUT2D eigenvalue weighted by Gasteiger charge is 2.29. The summed E-state index contributed by atoms with van der Waals surface area (Å²) in [6.45, 7) is 3.12. The van der Waals surface area contributed by atoms with Gasteiger partial charge in [-0.05, 0) is 19.9 Å². The number of rotatable bonds is 5. The van der Waals surface area contributed by atoms with Crippen LogP contribution in [0.2, 0.25) is 0 Å². The summed E-state index contributed by atoms with van der Waals surface area (Å²) in [6, 6.07) is 0.568. The summed E-state index contributed by atoms with van der Waals surface area (Å²) in [4.78, 5) is 10.6. The average molecular weight is 265 g/mol. The molecule has 0 spiro atoms.